The van der Waals surface area contributed by atoms with Crippen molar-refractivity contribution >= 4 is 21.8 Å². The fourth-order valence-electron chi connectivity index (χ4n) is 2.50. The van der Waals surface area contributed by atoms with Crippen molar-refractivity contribution in [1.82, 2.24) is 4.90 Å². The Balaban J connectivity index is 1.86. The molecule has 0 saturated heterocycles. The average Bonchev–Trinajstić information content (AvgIpc) is 2.46. The molecule has 2 nitrogen and oxygen atoms in total. The summed E-state index contributed by atoms with van der Waals surface area (Å²) in [5.41, 5.74) is 2.99. The van der Waals surface area contributed by atoms with Gasteiger partial charge in [0, 0.05) is 17.6 Å². The average molecular weight is 334 g/mol. The molecule has 0 N–H and O–H groups in total. The van der Waals surface area contributed by atoms with Crippen molar-refractivity contribution in [3.63, 3.8) is 0 Å². The topological polar surface area (TPSA) is 20.3 Å². The number of fused-ring (bicyclic) bond motifs is 1. The standard InChI is InChI=1S/C16H13BrFNO/c17-15-9-13(18)5-6-14(15)16(20)19-8-7-11-3-1-2-4-12(11)10-19/h1-6,9H,7-8,10H2. The maximum Gasteiger partial charge on any atom is 0.255 e. The van der Waals surface area contributed by atoms with Crippen molar-refractivity contribution < 1.29 is 9.18 Å². The lowest BCUT2D eigenvalue weighted by molar-refractivity contribution is 0.0733. The van der Waals surface area contributed by atoms with Gasteiger partial charge < -0.3 is 4.90 Å². The minimum absolute atomic E-state index is 0.0635. The molecular weight excluding hydrogens is 321 g/mol. The van der Waals surface area contributed by atoms with Gasteiger partial charge in [-0.2, -0.15) is 0 Å². The molecule has 0 spiro atoms. The second-order valence-electron chi connectivity index (χ2n) is 4.87. The number of hydrogen-bond donors (Lipinski definition) is 0. The molecule has 0 saturated carbocycles. The minimum Gasteiger partial charge on any atom is -0.334 e. The normalized spacial score (nSPS) is 14.0. The van der Waals surface area contributed by atoms with Gasteiger partial charge >= 0.3 is 0 Å². The summed E-state index contributed by atoms with van der Waals surface area (Å²) < 4.78 is 13.6. The second kappa shape index (κ2) is 5.37. The van der Waals surface area contributed by atoms with E-state index in [0.717, 1.165) is 6.42 Å². The monoisotopic (exact) mass is 333 g/mol. The number of carbonyl (C=O) groups is 1. The molecule has 1 heterocycles. The van der Waals surface area contributed by atoms with Crippen LogP contribution in [0.1, 0.15) is 21.5 Å². The largest absolute Gasteiger partial charge is 0.334 e. The summed E-state index contributed by atoms with van der Waals surface area (Å²) in [5.74, 6) is -0.413. The first-order valence-corrected chi connectivity index (χ1v) is 7.25. The SMILES string of the molecule is O=C(c1ccc(F)cc1Br)N1CCc2ccccc2C1. The van der Waals surface area contributed by atoms with Crippen LogP contribution in [0.4, 0.5) is 4.39 Å². The molecule has 0 atom stereocenters. The van der Waals surface area contributed by atoms with Gasteiger partial charge in [-0.05, 0) is 51.7 Å². The first kappa shape index (κ1) is 13.3. The Morgan fingerprint density at radius 2 is 1.90 bits per heavy atom. The van der Waals surface area contributed by atoms with Crippen molar-refractivity contribution in [2.75, 3.05) is 6.54 Å². The summed E-state index contributed by atoms with van der Waals surface area (Å²) in [5, 5.41) is 0. The first-order chi connectivity index (χ1) is 9.65. The number of hydrogen-bond acceptors (Lipinski definition) is 1. The van der Waals surface area contributed by atoms with Crippen LogP contribution >= 0.6 is 15.9 Å². The van der Waals surface area contributed by atoms with Crippen molar-refractivity contribution in [2.45, 2.75) is 13.0 Å². The van der Waals surface area contributed by atoms with Crippen LogP contribution in [0.15, 0.2) is 46.9 Å². The van der Waals surface area contributed by atoms with Crippen molar-refractivity contribution in [2.24, 2.45) is 0 Å². The molecule has 1 amide bonds. The molecule has 0 radical (unpaired) electrons. The van der Waals surface area contributed by atoms with Gasteiger partial charge in [0.25, 0.3) is 5.91 Å². The zero-order valence-electron chi connectivity index (χ0n) is 10.8. The molecule has 0 aliphatic carbocycles. The summed E-state index contributed by atoms with van der Waals surface area (Å²) in [7, 11) is 0. The van der Waals surface area contributed by atoms with Crippen LogP contribution in [0.25, 0.3) is 0 Å². The Labute approximate surface area is 125 Å². The van der Waals surface area contributed by atoms with Crippen LogP contribution < -0.4 is 0 Å². The third-order valence-corrected chi connectivity index (χ3v) is 4.24. The molecule has 0 aromatic heterocycles. The predicted molar refractivity (Wildman–Crippen MR) is 79.0 cm³/mol. The fourth-order valence-corrected chi connectivity index (χ4v) is 3.02. The molecule has 2 aromatic rings. The fraction of sp³-hybridized carbons (Fsp3) is 0.188. The molecular formula is C16H13BrFNO. The summed E-state index contributed by atoms with van der Waals surface area (Å²) >= 11 is 3.26. The van der Waals surface area contributed by atoms with Gasteiger partial charge in [0.05, 0.1) is 5.56 Å². The lowest BCUT2D eigenvalue weighted by atomic mass is 9.99. The number of rotatable bonds is 1. The van der Waals surface area contributed by atoms with Gasteiger partial charge in [-0.3, -0.25) is 4.79 Å². The number of nitrogens with zero attached hydrogens (tertiary/aromatic N) is 1. The number of benzene rings is 2. The Morgan fingerprint density at radius 3 is 2.65 bits per heavy atom. The molecule has 102 valence electrons. The highest BCUT2D eigenvalue weighted by Crippen LogP contribution is 2.24. The smallest absolute Gasteiger partial charge is 0.255 e. The molecule has 0 unspecified atom stereocenters. The van der Waals surface area contributed by atoms with Crippen LogP contribution in [0.5, 0.6) is 0 Å². The summed E-state index contributed by atoms with van der Waals surface area (Å²) in [6.07, 6.45) is 0.862. The van der Waals surface area contributed by atoms with Crippen LogP contribution in [0.3, 0.4) is 0 Å². The van der Waals surface area contributed by atoms with E-state index in [4.69, 9.17) is 0 Å². The Morgan fingerprint density at radius 1 is 1.15 bits per heavy atom. The molecule has 20 heavy (non-hydrogen) atoms. The Hall–Kier alpha value is -1.68. The Kier molecular flexibility index (Phi) is 3.57. The zero-order chi connectivity index (χ0) is 14.1. The van der Waals surface area contributed by atoms with Crippen LogP contribution in [-0.4, -0.2) is 17.4 Å². The molecule has 3 rings (SSSR count). The zero-order valence-corrected chi connectivity index (χ0v) is 12.4. The van der Waals surface area contributed by atoms with Gasteiger partial charge in [0.2, 0.25) is 0 Å². The van der Waals surface area contributed by atoms with Gasteiger partial charge in [-0.15, -0.1) is 0 Å². The molecule has 2 aromatic carbocycles. The molecule has 4 heteroatoms. The summed E-state index contributed by atoms with van der Waals surface area (Å²) in [6.45, 7) is 1.30. The maximum absolute atomic E-state index is 13.1. The number of carbonyl (C=O) groups excluding carboxylic acids is 1. The lowest BCUT2D eigenvalue weighted by Crippen LogP contribution is -2.36. The maximum atomic E-state index is 13.1. The van der Waals surface area contributed by atoms with E-state index in [1.54, 1.807) is 4.90 Å². The van der Waals surface area contributed by atoms with E-state index >= 15 is 0 Å². The van der Waals surface area contributed by atoms with E-state index < -0.39 is 0 Å². The molecule has 1 aliphatic heterocycles. The van der Waals surface area contributed by atoms with Crippen molar-refractivity contribution in [3.05, 3.63) is 69.4 Å². The van der Waals surface area contributed by atoms with E-state index in [0.29, 0.717) is 23.1 Å². The van der Waals surface area contributed by atoms with Crippen molar-refractivity contribution in [3.8, 4) is 0 Å². The summed E-state index contributed by atoms with van der Waals surface area (Å²) in [4.78, 5) is 14.3. The van der Waals surface area contributed by atoms with Gasteiger partial charge in [0.15, 0.2) is 0 Å². The third kappa shape index (κ3) is 2.48. The highest BCUT2D eigenvalue weighted by Gasteiger charge is 2.22. The van der Waals surface area contributed by atoms with Crippen LogP contribution in [-0.2, 0) is 13.0 Å². The van der Waals surface area contributed by atoms with Gasteiger partial charge in [-0.25, -0.2) is 4.39 Å². The van der Waals surface area contributed by atoms with E-state index in [-0.39, 0.29) is 11.7 Å². The van der Waals surface area contributed by atoms with Crippen molar-refractivity contribution in [1.29, 1.82) is 0 Å². The predicted octanol–water partition coefficient (Wildman–Crippen LogP) is 3.79. The highest BCUT2D eigenvalue weighted by atomic mass is 79.9. The van der Waals surface area contributed by atoms with E-state index in [9.17, 15) is 9.18 Å². The van der Waals surface area contributed by atoms with Gasteiger partial charge in [-0.1, -0.05) is 24.3 Å². The molecule has 0 fully saturated rings. The Bertz CT molecular complexity index is 671. The van der Waals surface area contributed by atoms with E-state index in [1.165, 1.54) is 29.3 Å². The quantitative estimate of drug-likeness (QED) is 0.777. The summed E-state index contributed by atoms with van der Waals surface area (Å²) in [6, 6.07) is 12.3. The van der Waals surface area contributed by atoms with E-state index in [1.807, 2.05) is 12.1 Å². The molecule has 1 aliphatic rings. The van der Waals surface area contributed by atoms with Gasteiger partial charge in [0.1, 0.15) is 5.82 Å². The number of amides is 1. The number of halogens is 2. The van der Waals surface area contributed by atoms with Crippen LogP contribution in [0, 0.1) is 5.82 Å². The third-order valence-electron chi connectivity index (χ3n) is 3.58. The molecule has 0 bridgehead atoms. The van der Waals surface area contributed by atoms with E-state index in [2.05, 4.69) is 28.1 Å². The highest BCUT2D eigenvalue weighted by molar-refractivity contribution is 9.10. The minimum atomic E-state index is -0.350. The first-order valence-electron chi connectivity index (χ1n) is 6.46. The lowest BCUT2D eigenvalue weighted by Gasteiger charge is -2.29. The van der Waals surface area contributed by atoms with Crippen LogP contribution in [0.2, 0.25) is 0 Å². The second-order valence-corrected chi connectivity index (χ2v) is 5.72.